The van der Waals surface area contributed by atoms with Crippen LogP contribution in [0.3, 0.4) is 0 Å². The van der Waals surface area contributed by atoms with Crippen molar-refractivity contribution < 1.29 is 0 Å². The molecule has 0 saturated heterocycles. The van der Waals surface area contributed by atoms with Crippen LogP contribution in [0.2, 0.25) is 0 Å². The molecule has 3 heteroatoms. The Balaban J connectivity index is 3.24. The van der Waals surface area contributed by atoms with E-state index >= 15 is 0 Å². The second kappa shape index (κ2) is 4.23. The average molecular weight is 390 g/mol. The Morgan fingerprint density at radius 1 is 1.45 bits per heavy atom. The molecule has 1 aromatic rings. The molecule has 0 heterocycles. The van der Waals surface area contributed by atoms with E-state index in [1.165, 1.54) is 14.7 Å². The van der Waals surface area contributed by atoms with Crippen molar-refractivity contribution in [1.82, 2.24) is 0 Å². The molecule has 1 rings (SSSR count). The fourth-order valence-electron chi connectivity index (χ4n) is 0.838. The summed E-state index contributed by atoms with van der Waals surface area (Å²) in [5, 5.41) is 0.925. The van der Waals surface area contributed by atoms with Crippen LogP contribution >= 0.6 is 54.5 Å². The molecule has 0 N–H and O–H groups in total. The van der Waals surface area contributed by atoms with E-state index in [0.29, 0.717) is 0 Å². The maximum atomic E-state index is 3.46. The minimum Gasteiger partial charge on any atom is -0.0876 e. The van der Waals surface area contributed by atoms with E-state index < -0.39 is 0 Å². The summed E-state index contributed by atoms with van der Waals surface area (Å²) in [6.07, 6.45) is 0. The van der Waals surface area contributed by atoms with Crippen LogP contribution in [0.1, 0.15) is 11.1 Å². The molecule has 0 fully saturated rings. The summed E-state index contributed by atoms with van der Waals surface area (Å²) >= 11 is 9.26. The second-order valence-corrected chi connectivity index (χ2v) is 4.94. The van der Waals surface area contributed by atoms with E-state index in [-0.39, 0.29) is 0 Å². The summed E-state index contributed by atoms with van der Waals surface area (Å²) in [5.74, 6) is 0. The van der Waals surface area contributed by atoms with E-state index in [1.807, 2.05) is 0 Å². The molecule has 0 aromatic heterocycles. The van der Waals surface area contributed by atoms with Crippen molar-refractivity contribution in [2.45, 2.75) is 12.3 Å². The number of rotatable bonds is 1. The first-order valence-corrected chi connectivity index (χ1v) is 6.15. The zero-order valence-electron chi connectivity index (χ0n) is 6.00. The Morgan fingerprint density at radius 3 is 2.64 bits per heavy atom. The molecule has 0 spiro atoms. The van der Waals surface area contributed by atoms with Crippen LogP contribution in [-0.2, 0) is 5.33 Å². The molecule has 0 nitrogen and oxygen atoms in total. The molecule has 0 atom stereocenters. The molecular weight excluding hydrogens is 383 g/mol. The van der Waals surface area contributed by atoms with Gasteiger partial charge in [-0.1, -0.05) is 31.9 Å². The summed E-state index contributed by atoms with van der Waals surface area (Å²) in [7, 11) is 0. The minimum atomic E-state index is 0.925. The molecule has 1 aromatic carbocycles. The lowest BCUT2D eigenvalue weighted by Crippen LogP contribution is -1.88. The van der Waals surface area contributed by atoms with Gasteiger partial charge in [-0.15, -0.1) is 0 Å². The quantitative estimate of drug-likeness (QED) is 0.497. The monoisotopic (exact) mass is 388 g/mol. The zero-order chi connectivity index (χ0) is 8.43. The number of halogens is 3. The maximum absolute atomic E-state index is 3.46. The SMILES string of the molecule is Cc1c(I)cc(Br)cc1CBr. The lowest BCUT2D eigenvalue weighted by atomic mass is 10.1. The average Bonchev–Trinajstić information content (AvgIpc) is 1.96. The summed E-state index contributed by atoms with van der Waals surface area (Å²) in [4.78, 5) is 0. The Labute approximate surface area is 97.2 Å². The van der Waals surface area contributed by atoms with E-state index in [9.17, 15) is 0 Å². The van der Waals surface area contributed by atoms with Crippen molar-refractivity contribution in [2.75, 3.05) is 0 Å². The summed E-state index contributed by atoms with van der Waals surface area (Å²) in [6.45, 7) is 2.14. The van der Waals surface area contributed by atoms with Gasteiger partial charge in [0.15, 0.2) is 0 Å². The van der Waals surface area contributed by atoms with Gasteiger partial charge in [0.05, 0.1) is 0 Å². The molecule has 0 amide bonds. The lowest BCUT2D eigenvalue weighted by molar-refractivity contribution is 1.28. The highest BCUT2D eigenvalue weighted by Crippen LogP contribution is 2.23. The molecule has 0 aliphatic rings. The predicted octanol–water partition coefficient (Wildman–Crippen LogP) is 4.26. The first kappa shape index (κ1) is 9.99. The van der Waals surface area contributed by atoms with Crippen molar-refractivity contribution in [3.05, 3.63) is 31.3 Å². The first-order chi connectivity index (χ1) is 5.15. The van der Waals surface area contributed by atoms with Crippen molar-refractivity contribution in [3.63, 3.8) is 0 Å². The van der Waals surface area contributed by atoms with Crippen LogP contribution in [0.5, 0.6) is 0 Å². The maximum Gasteiger partial charge on any atom is 0.0286 e. The van der Waals surface area contributed by atoms with Crippen LogP contribution in [-0.4, -0.2) is 0 Å². The Hall–Kier alpha value is 0.910. The molecular formula is C8H7Br2I. The number of hydrogen-bond donors (Lipinski definition) is 0. The summed E-state index contributed by atoms with van der Waals surface area (Å²) in [6, 6.07) is 4.27. The molecule has 0 aliphatic heterocycles. The van der Waals surface area contributed by atoms with E-state index in [2.05, 4.69) is 73.5 Å². The standard InChI is InChI=1S/C8H7Br2I/c1-5-6(4-9)2-7(10)3-8(5)11/h2-3H,4H2,1H3. The van der Waals surface area contributed by atoms with Crippen LogP contribution in [0.4, 0.5) is 0 Å². The largest absolute Gasteiger partial charge is 0.0876 e. The molecule has 0 unspecified atom stereocenters. The van der Waals surface area contributed by atoms with E-state index in [4.69, 9.17) is 0 Å². The van der Waals surface area contributed by atoms with Gasteiger partial charge in [-0.2, -0.15) is 0 Å². The van der Waals surface area contributed by atoms with Gasteiger partial charge in [0.1, 0.15) is 0 Å². The molecule has 0 saturated carbocycles. The number of benzene rings is 1. The molecule has 0 radical (unpaired) electrons. The van der Waals surface area contributed by atoms with Crippen LogP contribution in [0.25, 0.3) is 0 Å². The smallest absolute Gasteiger partial charge is 0.0286 e. The molecule has 60 valence electrons. The topological polar surface area (TPSA) is 0 Å². The summed E-state index contributed by atoms with van der Waals surface area (Å²) in [5.41, 5.74) is 2.72. The van der Waals surface area contributed by atoms with Crippen molar-refractivity contribution in [2.24, 2.45) is 0 Å². The van der Waals surface area contributed by atoms with Gasteiger partial charge < -0.3 is 0 Å². The first-order valence-electron chi connectivity index (χ1n) is 3.15. The van der Waals surface area contributed by atoms with Crippen molar-refractivity contribution in [1.29, 1.82) is 0 Å². The minimum absolute atomic E-state index is 0.925. The number of hydrogen-bond acceptors (Lipinski definition) is 0. The molecule has 0 aliphatic carbocycles. The van der Waals surface area contributed by atoms with Gasteiger partial charge in [-0.25, -0.2) is 0 Å². The normalized spacial score (nSPS) is 10.2. The highest BCUT2D eigenvalue weighted by Gasteiger charge is 2.01. The van der Waals surface area contributed by atoms with Crippen molar-refractivity contribution >= 4 is 54.5 Å². The Bertz CT molecular complexity index is 271. The van der Waals surface area contributed by atoms with Crippen LogP contribution in [0, 0.1) is 10.5 Å². The van der Waals surface area contributed by atoms with Crippen LogP contribution < -0.4 is 0 Å². The van der Waals surface area contributed by atoms with Gasteiger partial charge in [0, 0.05) is 13.4 Å². The zero-order valence-corrected chi connectivity index (χ0v) is 11.3. The number of alkyl halides is 1. The third kappa shape index (κ3) is 2.42. The third-order valence-corrected chi connectivity index (χ3v) is 3.74. The fraction of sp³-hybridized carbons (Fsp3) is 0.250. The third-order valence-electron chi connectivity index (χ3n) is 1.56. The van der Waals surface area contributed by atoms with Gasteiger partial charge >= 0.3 is 0 Å². The lowest BCUT2D eigenvalue weighted by Gasteiger charge is -2.04. The predicted molar refractivity (Wildman–Crippen MR) is 64.2 cm³/mol. The summed E-state index contributed by atoms with van der Waals surface area (Å²) < 4.78 is 2.47. The highest BCUT2D eigenvalue weighted by molar-refractivity contribution is 14.1. The van der Waals surface area contributed by atoms with Gasteiger partial charge in [-0.05, 0) is 52.8 Å². The highest BCUT2D eigenvalue weighted by atomic mass is 127. The Morgan fingerprint density at radius 2 is 2.09 bits per heavy atom. The fourth-order valence-corrected chi connectivity index (χ4v) is 3.04. The van der Waals surface area contributed by atoms with Gasteiger partial charge in [0.2, 0.25) is 0 Å². The van der Waals surface area contributed by atoms with Gasteiger partial charge in [-0.3, -0.25) is 0 Å². The van der Waals surface area contributed by atoms with E-state index in [1.54, 1.807) is 0 Å². The van der Waals surface area contributed by atoms with Crippen LogP contribution in [0.15, 0.2) is 16.6 Å². The Kier molecular flexibility index (Phi) is 3.85. The molecule has 0 bridgehead atoms. The van der Waals surface area contributed by atoms with Gasteiger partial charge in [0.25, 0.3) is 0 Å². The second-order valence-electron chi connectivity index (χ2n) is 2.31. The van der Waals surface area contributed by atoms with Crippen molar-refractivity contribution in [3.8, 4) is 0 Å². The molecule has 11 heavy (non-hydrogen) atoms. The van der Waals surface area contributed by atoms with E-state index in [0.717, 1.165) is 9.80 Å².